The molecule has 1 fully saturated rings. The number of alkyl halides is 3. The van der Waals surface area contributed by atoms with Crippen molar-refractivity contribution in [3.8, 4) is 11.5 Å². The molecular formula is C23H27F3N2O3. The first-order valence-corrected chi connectivity index (χ1v) is 10.3. The van der Waals surface area contributed by atoms with E-state index >= 15 is 0 Å². The number of nitrogens with zero attached hydrogens (tertiary/aromatic N) is 1. The van der Waals surface area contributed by atoms with E-state index in [1.54, 1.807) is 24.3 Å². The molecule has 168 valence electrons. The zero-order valence-corrected chi connectivity index (χ0v) is 17.7. The standard InChI is InChI=1S/C23H27F3N2O3/c1-3-31-20-8-7-17(14-21(20)30-2)22(29)27-19-9-11-28(12-10-19)15-16-5-4-6-18(13-16)23(24,25)26/h4-8,13-14,19H,3,9-12,15H2,1-2H3,(H,27,29). The van der Waals surface area contributed by atoms with Crippen LogP contribution in [0.4, 0.5) is 13.2 Å². The number of carbonyl (C=O) groups excluding carboxylic acids is 1. The van der Waals surface area contributed by atoms with Gasteiger partial charge in [0.1, 0.15) is 0 Å². The maximum Gasteiger partial charge on any atom is 0.416 e. The molecule has 0 saturated carbocycles. The highest BCUT2D eigenvalue weighted by atomic mass is 19.4. The molecule has 2 aromatic rings. The summed E-state index contributed by atoms with van der Waals surface area (Å²) < 4.78 is 49.5. The Kier molecular flexibility index (Phi) is 7.43. The second kappa shape index (κ2) is 10.0. The fourth-order valence-electron chi connectivity index (χ4n) is 3.69. The van der Waals surface area contributed by atoms with Crippen LogP contribution in [0.3, 0.4) is 0 Å². The number of likely N-dealkylation sites (tertiary alicyclic amines) is 1. The van der Waals surface area contributed by atoms with E-state index in [2.05, 4.69) is 10.2 Å². The molecule has 1 heterocycles. The van der Waals surface area contributed by atoms with E-state index in [0.29, 0.717) is 48.9 Å². The Balaban J connectivity index is 1.53. The van der Waals surface area contributed by atoms with Gasteiger partial charge in [-0.2, -0.15) is 13.2 Å². The van der Waals surface area contributed by atoms with Gasteiger partial charge in [0.15, 0.2) is 11.5 Å². The summed E-state index contributed by atoms with van der Waals surface area (Å²) in [6.07, 6.45) is -2.87. The monoisotopic (exact) mass is 436 g/mol. The molecular weight excluding hydrogens is 409 g/mol. The number of rotatable bonds is 7. The lowest BCUT2D eigenvalue weighted by Gasteiger charge is -2.32. The zero-order chi connectivity index (χ0) is 22.4. The molecule has 0 atom stereocenters. The smallest absolute Gasteiger partial charge is 0.416 e. The van der Waals surface area contributed by atoms with Crippen LogP contribution in [-0.4, -0.2) is 43.7 Å². The molecule has 1 aliphatic rings. The topological polar surface area (TPSA) is 50.8 Å². The third-order valence-electron chi connectivity index (χ3n) is 5.31. The molecule has 1 amide bonds. The summed E-state index contributed by atoms with van der Waals surface area (Å²) in [5, 5.41) is 3.04. The summed E-state index contributed by atoms with van der Waals surface area (Å²) in [4.78, 5) is 14.7. The minimum absolute atomic E-state index is 0.0165. The lowest BCUT2D eigenvalue weighted by molar-refractivity contribution is -0.137. The Bertz CT molecular complexity index is 894. The van der Waals surface area contributed by atoms with E-state index in [1.807, 2.05) is 6.92 Å². The number of ether oxygens (including phenoxy) is 2. The number of halogens is 3. The van der Waals surface area contributed by atoms with E-state index in [9.17, 15) is 18.0 Å². The molecule has 0 aromatic heterocycles. The third kappa shape index (κ3) is 6.13. The van der Waals surface area contributed by atoms with Gasteiger partial charge in [-0.05, 0) is 49.6 Å². The number of hydrogen-bond acceptors (Lipinski definition) is 4. The van der Waals surface area contributed by atoms with E-state index < -0.39 is 11.7 Å². The second-order valence-electron chi connectivity index (χ2n) is 7.52. The number of nitrogens with one attached hydrogen (secondary N) is 1. The largest absolute Gasteiger partial charge is 0.493 e. The maximum atomic E-state index is 12.9. The van der Waals surface area contributed by atoms with Crippen molar-refractivity contribution >= 4 is 5.91 Å². The summed E-state index contributed by atoms with van der Waals surface area (Å²) in [7, 11) is 1.53. The number of benzene rings is 2. The SMILES string of the molecule is CCOc1ccc(C(=O)NC2CCN(Cc3cccc(C(F)(F)F)c3)CC2)cc1OC. The predicted molar refractivity (Wildman–Crippen MR) is 111 cm³/mol. The molecule has 31 heavy (non-hydrogen) atoms. The highest BCUT2D eigenvalue weighted by Gasteiger charge is 2.30. The number of piperidine rings is 1. The predicted octanol–water partition coefficient (Wildman–Crippen LogP) is 4.51. The lowest BCUT2D eigenvalue weighted by Crippen LogP contribution is -2.44. The van der Waals surface area contributed by atoms with Crippen molar-refractivity contribution in [2.45, 2.75) is 38.5 Å². The van der Waals surface area contributed by atoms with Gasteiger partial charge in [0.05, 0.1) is 19.3 Å². The van der Waals surface area contributed by atoms with E-state index in [0.717, 1.165) is 18.9 Å². The molecule has 3 rings (SSSR count). The van der Waals surface area contributed by atoms with Gasteiger partial charge in [-0.3, -0.25) is 9.69 Å². The van der Waals surface area contributed by atoms with Gasteiger partial charge in [-0.1, -0.05) is 18.2 Å². The Hall–Kier alpha value is -2.74. The fraction of sp³-hybridized carbons (Fsp3) is 0.435. The normalized spacial score (nSPS) is 15.5. The van der Waals surface area contributed by atoms with Gasteiger partial charge in [-0.25, -0.2) is 0 Å². The van der Waals surface area contributed by atoms with Crippen LogP contribution in [0.1, 0.15) is 41.3 Å². The molecule has 2 aromatic carbocycles. The summed E-state index contributed by atoms with van der Waals surface area (Å²) >= 11 is 0. The Labute approximate surface area is 180 Å². The summed E-state index contributed by atoms with van der Waals surface area (Å²) in [6, 6.07) is 10.5. The maximum absolute atomic E-state index is 12.9. The third-order valence-corrected chi connectivity index (χ3v) is 5.31. The van der Waals surface area contributed by atoms with Gasteiger partial charge >= 0.3 is 6.18 Å². The van der Waals surface area contributed by atoms with Crippen LogP contribution in [0.25, 0.3) is 0 Å². The Morgan fingerprint density at radius 1 is 1.13 bits per heavy atom. The van der Waals surface area contributed by atoms with Crippen LogP contribution in [0.15, 0.2) is 42.5 Å². The zero-order valence-electron chi connectivity index (χ0n) is 17.7. The minimum Gasteiger partial charge on any atom is -0.493 e. The molecule has 1 N–H and O–H groups in total. The van der Waals surface area contributed by atoms with Crippen LogP contribution >= 0.6 is 0 Å². The number of methoxy groups -OCH3 is 1. The van der Waals surface area contributed by atoms with Gasteiger partial charge in [0, 0.05) is 31.2 Å². The average Bonchev–Trinajstić information content (AvgIpc) is 2.75. The first-order valence-electron chi connectivity index (χ1n) is 10.3. The molecule has 0 spiro atoms. The Morgan fingerprint density at radius 3 is 2.52 bits per heavy atom. The number of hydrogen-bond donors (Lipinski definition) is 1. The van der Waals surface area contributed by atoms with Gasteiger partial charge in [-0.15, -0.1) is 0 Å². The Morgan fingerprint density at radius 2 is 1.87 bits per heavy atom. The van der Waals surface area contributed by atoms with Crippen molar-refractivity contribution in [3.05, 3.63) is 59.2 Å². The highest BCUT2D eigenvalue weighted by Crippen LogP contribution is 2.30. The van der Waals surface area contributed by atoms with Crippen LogP contribution in [0.2, 0.25) is 0 Å². The lowest BCUT2D eigenvalue weighted by atomic mass is 10.0. The second-order valence-corrected chi connectivity index (χ2v) is 7.52. The summed E-state index contributed by atoms with van der Waals surface area (Å²) in [5.41, 5.74) is 0.503. The van der Waals surface area contributed by atoms with Crippen LogP contribution in [0, 0.1) is 0 Å². The van der Waals surface area contributed by atoms with Crippen molar-refractivity contribution in [2.24, 2.45) is 0 Å². The first kappa shape index (κ1) is 22.9. The highest BCUT2D eigenvalue weighted by molar-refractivity contribution is 5.95. The van der Waals surface area contributed by atoms with E-state index in [1.165, 1.54) is 19.2 Å². The molecule has 0 aliphatic carbocycles. The van der Waals surface area contributed by atoms with E-state index in [4.69, 9.17) is 9.47 Å². The van der Waals surface area contributed by atoms with E-state index in [-0.39, 0.29) is 11.9 Å². The van der Waals surface area contributed by atoms with Crippen molar-refractivity contribution in [2.75, 3.05) is 26.8 Å². The molecule has 0 unspecified atom stereocenters. The minimum atomic E-state index is -4.34. The molecule has 5 nitrogen and oxygen atoms in total. The van der Waals surface area contributed by atoms with Crippen molar-refractivity contribution in [3.63, 3.8) is 0 Å². The summed E-state index contributed by atoms with van der Waals surface area (Å²) in [6.45, 7) is 4.24. The first-order chi connectivity index (χ1) is 14.8. The van der Waals surface area contributed by atoms with Crippen molar-refractivity contribution in [1.82, 2.24) is 10.2 Å². The summed E-state index contributed by atoms with van der Waals surface area (Å²) in [5.74, 6) is 0.910. The fourth-order valence-corrected chi connectivity index (χ4v) is 3.69. The van der Waals surface area contributed by atoms with Crippen LogP contribution in [0.5, 0.6) is 11.5 Å². The molecule has 8 heteroatoms. The van der Waals surface area contributed by atoms with Gasteiger partial charge in [0.2, 0.25) is 0 Å². The quantitative estimate of drug-likeness (QED) is 0.694. The van der Waals surface area contributed by atoms with Crippen LogP contribution < -0.4 is 14.8 Å². The van der Waals surface area contributed by atoms with Crippen molar-refractivity contribution < 1.29 is 27.4 Å². The van der Waals surface area contributed by atoms with Gasteiger partial charge in [0.25, 0.3) is 5.91 Å². The molecule has 0 radical (unpaired) electrons. The molecule has 0 bridgehead atoms. The molecule has 1 saturated heterocycles. The van der Waals surface area contributed by atoms with Crippen molar-refractivity contribution in [1.29, 1.82) is 0 Å². The van der Waals surface area contributed by atoms with Gasteiger partial charge < -0.3 is 14.8 Å². The number of carbonyl (C=O) groups is 1. The molecule has 1 aliphatic heterocycles. The number of amides is 1. The van der Waals surface area contributed by atoms with Crippen LogP contribution in [-0.2, 0) is 12.7 Å². The average molecular weight is 436 g/mol.